The first-order chi connectivity index (χ1) is 15.5. The van der Waals surface area contributed by atoms with Crippen molar-refractivity contribution < 1.29 is 19.3 Å². The van der Waals surface area contributed by atoms with Crippen molar-refractivity contribution in [3.63, 3.8) is 0 Å². The molecule has 9 heteroatoms. The Balaban J connectivity index is 1.64. The average Bonchev–Trinajstić information content (AvgIpc) is 3.30. The van der Waals surface area contributed by atoms with Gasteiger partial charge in [0.15, 0.2) is 6.10 Å². The topological polar surface area (TPSA) is 93.0 Å². The van der Waals surface area contributed by atoms with E-state index in [0.29, 0.717) is 22.0 Å². The second-order valence-electron chi connectivity index (χ2n) is 7.47. The Morgan fingerprint density at radius 1 is 0.875 bits per heavy atom. The Morgan fingerprint density at radius 2 is 1.56 bits per heavy atom. The van der Waals surface area contributed by atoms with Gasteiger partial charge in [-0.1, -0.05) is 48.0 Å². The van der Waals surface area contributed by atoms with Crippen LogP contribution in [0.4, 0.5) is 17.1 Å². The van der Waals surface area contributed by atoms with Gasteiger partial charge in [0.25, 0.3) is 11.6 Å². The molecule has 0 N–H and O–H groups in total. The second-order valence-corrected chi connectivity index (χ2v) is 7.90. The van der Waals surface area contributed by atoms with Crippen LogP contribution in [0.5, 0.6) is 0 Å². The maximum atomic E-state index is 13.5. The maximum absolute atomic E-state index is 13.5. The molecule has 3 aromatic rings. The highest BCUT2D eigenvalue weighted by Crippen LogP contribution is 2.49. The fraction of sp³-hybridized carbons (Fsp3) is 0.130. The van der Waals surface area contributed by atoms with Crippen LogP contribution in [0.25, 0.3) is 0 Å². The summed E-state index contributed by atoms with van der Waals surface area (Å²) in [6.07, 6.45) is -1.12. The number of nitro groups is 1. The fourth-order valence-electron chi connectivity index (χ4n) is 4.30. The zero-order valence-corrected chi connectivity index (χ0v) is 17.3. The van der Waals surface area contributed by atoms with E-state index in [0.717, 1.165) is 4.90 Å². The molecule has 0 aliphatic carbocycles. The van der Waals surface area contributed by atoms with Gasteiger partial charge in [-0.15, -0.1) is 0 Å². The lowest BCUT2D eigenvalue weighted by Crippen LogP contribution is -2.37. The first-order valence-electron chi connectivity index (χ1n) is 9.85. The number of fused-ring (bicyclic) bond motifs is 1. The molecule has 3 atom stereocenters. The lowest BCUT2D eigenvalue weighted by molar-refractivity contribution is -0.385. The van der Waals surface area contributed by atoms with Crippen molar-refractivity contribution >= 4 is 40.5 Å². The van der Waals surface area contributed by atoms with Crippen molar-refractivity contribution in [3.8, 4) is 0 Å². The van der Waals surface area contributed by atoms with E-state index in [9.17, 15) is 19.7 Å². The number of rotatable bonds is 4. The zero-order chi connectivity index (χ0) is 22.4. The van der Waals surface area contributed by atoms with Gasteiger partial charge in [0, 0.05) is 11.1 Å². The van der Waals surface area contributed by atoms with Crippen LogP contribution in [0.3, 0.4) is 0 Å². The first kappa shape index (κ1) is 20.2. The van der Waals surface area contributed by atoms with Gasteiger partial charge in [-0.25, -0.2) is 9.96 Å². The molecule has 0 spiro atoms. The summed E-state index contributed by atoms with van der Waals surface area (Å²) >= 11 is 6.06. The molecule has 0 radical (unpaired) electrons. The molecule has 0 saturated carbocycles. The molecule has 160 valence electrons. The van der Waals surface area contributed by atoms with Crippen molar-refractivity contribution in [1.82, 2.24) is 0 Å². The molecule has 2 aliphatic rings. The summed E-state index contributed by atoms with van der Waals surface area (Å²) in [5.41, 5.74) is 1.06. The molecule has 3 aromatic carbocycles. The Bertz CT molecular complexity index is 1240. The number of amides is 2. The highest BCUT2D eigenvalue weighted by Gasteiger charge is 2.61. The number of carbonyl (C=O) groups excluding carboxylic acids is 2. The van der Waals surface area contributed by atoms with E-state index >= 15 is 0 Å². The quantitative estimate of drug-likeness (QED) is 0.335. The third-order valence-electron chi connectivity index (χ3n) is 5.64. The van der Waals surface area contributed by atoms with Crippen LogP contribution in [0, 0.1) is 16.0 Å². The van der Waals surface area contributed by atoms with E-state index in [4.69, 9.17) is 16.4 Å². The van der Waals surface area contributed by atoms with E-state index in [1.54, 1.807) is 60.7 Å². The number of hydrogen-bond acceptors (Lipinski definition) is 6. The number of nitrogens with zero attached hydrogens (tertiary/aromatic N) is 3. The van der Waals surface area contributed by atoms with Gasteiger partial charge in [-0.05, 0) is 36.4 Å². The molecule has 2 aliphatic heterocycles. The van der Waals surface area contributed by atoms with Crippen LogP contribution in [0.1, 0.15) is 11.6 Å². The Hall–Kier alpha value is -3.75. The molecule has 2 fully saturated rings. The van der Waals surface area contributed by atoms with Gasteiger partial charge in [0.1, 0.15) is 12.0 Å². The molecule has 32 heavy (non-hydrogen) atoms. The van der Waals surface area contributed by atoms with Crippen LogP contribution in [0.15, 0.2) is 78.9 Å². The van der Waals surface area contributed by atoms with E-state index in [1.165, 1.54) is 17.2 Å². The zero-order valence-electron chi connectivity index (χ0n) is 16.5. The van der Waals surface area contributed by atoms with Crippen LogP contribution in [-0.2, 0) is 14.4 Å². The number of nitro benzene ring substituents is 1. The number of benzene rings is 3. The van der Waals surface area contributed by atoms with Crippen molar-refractivity contribution in [1.29, 1.82) is 0 Å². The number of hydroxylamine groups is 1. The normalized spacial score (nSPS) is 22.3. The molecule has 2 heterocycles. The largest absolute Gasteiger partial charge is 0.274 e. The summed E-state index contributed by atoms with van der Waals surface area (Å²) in [6.45, 7) is 0. The van der Waals surface area contributed by atoms with Crippen LogP contribution in [0.2, 0.25) is 5.02 Å². The van der Waals surface area contributed by atoms with Crippen LogP contribution in [-0.4, -0.2) is 22.8 Å². The van der Waals surface area contributed by atoms with Gasteiger partial charge in [-0.3, -0.25) is 24.5 Å². The van der Waals surface area contributed by atoms with Gasteiger partial charge in [0.05, 0.1) is 21.9 Å². The first-order valence-corrected chi connectivity index (χ1v) is 10.2. The Kier molecular flexibility index (Phi) is 4.88. The van der Waals surface area contributed by atoms with E-state index in [-0.39, 0.29) is 5.69 Å². The number of para-hydroxylation sites is 2. The average molecular weight is 450 g/mol. The van der Waals surface area contributed by atoms with Crippen LogP contribution >= 0.6 is 11.6 Å². The highest BCUT2D eigenvalue weighted by atomic mass is 35.5. The number of carbonyl (C=O) groups is 2. The molecule has 0 aromatic heterocycles. The van der Waals surface area contributed by atoms with Crippen molar-refractivity contribution in [2.45, 2.75) is 12.1 Å². The molecule has 3 unspecified atom stereocenters. The minimum absolute atomic E-state index is 0.149. The molecule has 5 rings (SSSR count). The van der Waals surface area contributed by atoms with Crippen molar-refractivity contribution in [2.24, 2.45) is 5.92 Å². The van der Waals surface area contributed by atoms with Crippen molar-refractivity contribution in [2.75, 3.05) is 9.96 Å². The lowest BCUT2D eigenvalue weighted by atomic mass is 9.89. The Labute approximate surface area is 187 Å². The summed E-state index contributed by atoms with van der Waals surface area (Å²) in [5.74, 6) is -2.00. The third-order valence-corrected chi connectivity index (χ3v) is 5.88. The van der Waals surface area contributed by atoms with Gasteiger partial charge >= 0.3 is 0 Å². The van der Waals surface area contributed by atoms with E-state index in [1.807, 2.05) is 6.07 Å². The predicted octanol–water partition coefficient (Wildman–Crippen LogP) is 4.30. The summed E-state index contributed by atoms with van der Waals surface area (Å²) in [5, 5.41) is 13.6. The van der Waals surface area contributed by atoms with E-state index < -0.39 is 34.8 Å². The molecule has 0 bridgehead atoms. The molecular formula is C23H16ClN3O5. The summed E-state index contributed by atoms with van der Waals surface area (Å²) < 4.78 is 0. The number of anilines is 2. The number of halogens is 1. The monoisotopic (exact) mass is 449 g/mol. The highest BCUT2D eigenvalue weighted by molar-refractivity contribution is 6.31. The van der Waals surface area contributed by atoms with E-state index in [2.05, 4.69) is 0 Å². The van der Waals surface area contributed by atoms with Gasteiger partial charge in [0.2, 0.25) is 5.91 Å². The second kappa shape index (κ2) is 7.74. The molecule has 8 nitrogen and oxygen atoms in total. The van der Waals surface area contributed by atoms with Crippen molar-refractivity contribution in [3.05, 3.63) is 99.6 Å². The number of imide groups is 1. The Morgan fingerprint density at radius 3 is 2.28 bits per heavy atom. The summed E-state index contributed by atoms with van der Waals surface area (Å²) in [6, 6.07) is 20.6. The summed E-state index contributed by atoms with van der Waals surface area (Å²) in [4.78, 5) is 45.1. The SMILES string of the molecule is O=C1C2ON(c3ccccc3)C(c3ccccc3[N+](=O)[O-])C2C(=O)N1c1cccc(Cl)c1. The minimum atomic E-state index is -1.12. The molecule has 2 amide bonds. The fourth-order valence-corrected chi connectivity index (χ4v) is 4.49. The predicted molar refractivity (Wildman–Crippen MR) is 117 cm³/mol. The summed E-state index contributed by atoms with van der Waals surface area (Å²) in [7, 11) is 0. The minimum Gasteiger partial charge on any atom is -0.273 e. The molecular weight excluding hydrogens is 434 g/mol. The van der Waals surface area contributed by atoms with Gasteiger partial charge in [-0.2, -0.15) is 0 Å². The maximum Gasteiger partial charge on any atom is 0.274 e. The molecule has 2 saturated heterocycles. The standard InChI is InChI=1S/C23H16ClN3O5/c24-14-7-6-10-16(13-14)25-22(28)19-20(17-11-4-5-12-18(17)27(30)31)26(32-21(19)23(25)29)15-8-2-1-3-9-15/h1-13,19-21H. The lowest BCUT2D eigenvalue weighted by Gasteiger charge is -2.28. The van der Waals surface area contributed by atoms with Gasteiger partial charge < -0.3 is 0 Å². The van der Waals surface area contributed by atoms with Crippen LogP contribution < -0.4 is 9.96 Å². The third kappa shape index (κ3) is 3.12. The number of hydrogen-bond donors (Lipinski definition) is 0. The smallest absolute Gasteiger partial charge is 0.273 e.